The minimum atomic E-state index is -5.06. The molecule has 15 heteroatoms. The first-order valence-electron chi connectivity index (χ1n) is 9.62. The van der Waals surface area contributed by atoms with Crippen molar-refractivity contribution in [3.05, 3.63) is 46.5 Å². The molecule has 11 nitrogen and oxygen atoms in total. The normalized spacial score (nSPS) is 14.3. The number of nitrogens with zero attached hydrogens (tertiary/aromatic N) is 4. The number of likely N-dealkylation sites (N-methyl/N-ethyl adjacent to an activating group) is 1. The molecule has 1 heterocycles. The van der Waals surface area contributed by atoms with E-state index in [1.807, 2.05) is 0 Å². The van der Waals surface area contributed by atoms with Crippen LogP contribution in [-0.2, 0) is 22.7 Å². The first-order chi connectivity index (χ1) is 15.2. The Kier molecular flexibility index (Phi) is 8.05. The minimum Gasteiger partial charge on any atom is -0.379 e. The van der Waals surface area contributed by atoms with Gasteiger partial charge in [-0.3, -0.25) is 10.1 Å². The average Bonchev–Trinajstić information content (AvgIpc) is 3.12. The van der Waals surface area contributed by atoms with E-state index in [4.69, 9.17) is 0 Å². The highest BCUT2D eigenvalue weighted by atomic mass is 32.2. The number of aryl methyl sites for hydroxylation is 1. The SMILES string of the molecule is CN(C)CCNS(=O)(=O)c1ccc(NCCC(O)(c2nccn2C)C(F)(F)F)c([N+](=O)[O-])c1. The van der Waals surface area contributed by atoms with Crippen LogP contribution in [0, 0.1) is 10.1 Å². The average molecular weight is 494 g/mol. The van der Waals surface area contributed by atoms with Gasteiger partial charge in [0.2, 0.25) is 15.6 Å². The molecule has 0 radical (unpaired) electrons. The van der Waals surface area contributed by atoms with Crippen LogP contribution in [0.1, 0.15) is 12.2 Å². The largest absolute Gasteiger partial charge is 0.424 e. The maximum atomic E-state index is 13.6. The summed E-state index contributed by atoms with van der Waals surface area (Å²) in [5.41, 5.74) is -4.14. The zero-order valence-electron chi connectivity index (χ0n) is 18.1. The lowest BCUT2D eigenvalue weighted by atomic mass is 9.97. The number of aliphatic hydroxyl groups is 1. The molecule has 0 aliphatic rings. The Morgan fingerprint density at radius 1 is 1.27 bits per heavy atom. The Balaban J connectivity index is 2.22. The molecule has 1 aromatic heterocycles. The van der Waals surface area contributed by atoms with Gasteiger partial charge >= 0.3 is 6.18 Å². The van der Waals surface area contributed by atoms with E-state index in [1.54, 1.807) is 19.0 Å². The molecule has 0 spiro atoms. The van der Waals surface area contributed by atoms with Gasteiger partial charge in [-0.1, -0.05) is 0 Å². The topological polar surface area (TPSA) is 143 Å². The van der Waals surface area contributed by atoms with E-state index < -0.39 is 51.2 Å². The minimum absolute atomic E-state index is 0.0757. The molecule has 0 saturated heterocycles. The summed E-state index contributed by atoms with van der Waals surface area (Å²) in [4.78, 5) is 15.6. The van der Waals surface area contributed by atoms with Crippen molar-refractivity contribution in [3.63, 3.8) is 0 Å². The summed E-state index contributed by atoms with van der Waals surface area (Å²) in [5.74, 6) is -0.628. The monoisotopic (exact) mass is 494 g/mol. The van der Waals surface area contributed by atoms with Gasteiger partial charge in [0.25, 0.3) is 5.69 Å². The fraction of sp³-hybridized carbons (Fsp3) is 0.500. The van der Waals surface area contributed by atoms with Crippen molar-refractivity contribution in [1.29, 1.82) is 0 Å². The predicted octanol–water partition coefficient (Wildman–Crippen LogP) is 1.42. The number of sulfonamides is 1. The highest BCUT2D eigenvalue weighted by Crippen LogP contribution is 2.41. The zero-order chi connectivity index (χ0) is 25.0. The highest BCUT2D eigenvalue weighted by Gasteiger charge is 2.57. The van der Waals surface area contributed by atoms with Gasteiger partial charge in [0, 0.05) is 51.6 Å². The van der Waals surface area contributed by atoms with Crippen LogP contribution in [0.3, 0.4) is 0 Å². The lowest BCUT2D eigenvalue weighted by molar-refractivity contribution is -0.384. The van der Waals surface area contributed by atoms with Gasteiger partial charge in [-0.25, -0.2) is 18.1 Å². The number of hydrogen-bond acceptors (Lipinski definition) is 8. The number of anilines is 1. The van der Waals surface area contributed by atoms with E-state index in [2.05, 4.69) is 15.0 Å². The Morgan fingerprint density at radius 3 is 2.45 bits per heavy atom. The van der Waals surface area contributed by atoms with Gasteiger partial charge in [-0.05, 0) is 26.2 Å². The molecule has 2 rings (SSSR count). The van der Waals surface area contributed by atoms with Gasteiger partial charge in [0.15, 0.2) is 0 Å². The van der Waals surface area contributed by atoms with Crippen molar-refractivity contribution in [2.45, 2.75) is 23.1 Å². The summed E-state index contributed by atoms with van der Waals surface area (Å²) < 4.78 is 68.9. The van der Waals surface area contributed by atoms with Gasteiger partial charge in [0.05, 0.1) is 9.82 Å². The molecule has 1 aromatic carbocycles. The number of nitrogens with one attached hydrogen (secondary N) is 2. The summed E-state index contributed by atoms with van der Waals surface area (Å²) in [6, 6.07) is 3.00. The van der Waals surface area contributed by atoms with E-state index in [0.29, 0.717) is 6.54 Å². The Hall–Kier alpha value is -2.75. The van der Waals surface area contributed by atoms with Gasteiger partial charge < -0.3 is 19.9 Å². The maximum Gasteiger partial charge on any atom is 0.424 e. The number of nitro groups is 1. The summed E-state index contributed by atoms with van der Waals surface area (Å²) in [5, 5.41) is 24.3. The molecule has 0 bridgehead atoms. The Morgan fingerprint density at radius 2 is 1.94 bits per heavy atom. The molecule has 0 aliphatic carbocycles. The molecule has 0 amide bonds. The van der Waals surface area contributed by atoms with Crippen LogP contribution in [0.15, 0.2) is 35.5 Å². The van der Waals surface area contributed by atoms with Crippen molar-refractivity contribution in [2.24, 2.45) is 7.05 Å². The van der Waals surface area contributed by atoms with Crippen LogP contribution in [0.4, 0.5) is 24.5 Å². The second kappa shape index (κ2) is 10.0. The molecule has 0 aliphatic heterocycles. The summed E-state index contributed by atoms with van der Waals surface area (Å²) in [6.07, 6.45) is -3.60. The van der Waals surface area contributed by atoms with E-state index in [-0.39, 0.29) is 17.1 Å². The van der Waals surface area contributed by atoms with Crippen LogP contribution in [0.5, 0.6) is 0 Å². The van der Waals surface area contributed by atoms with E-state index in [9.17, 15) is 36.8 Å². The van der Waals surface area contributed by atoms with Crippen LogP contribution < -0.4 is 10.0 Å². The molecule has 1 unspecified atom stereocenters. The van der Waals surface area contributed by atoms with Crippen LogP contribution >= 0.6 is 0 Å². The Bertz CT molecular complexity index is 1090. The number of hydrogen-bond donors (Lipinski definition) is 3. The zero-order valence-corrected chi connectivity index (χ0v) is 18.9. The third-order valence-electron chi connectivity index (χ3n) is 4.79. The maximum absolute atomic E-state index is 13.6. The molecule has 0 saturated carbocycles. The quantitative estimate of drug-likeness (QED) is 0.314. The summed E-state index contributed by atoms with van der Waals surface area (Å²) in [7, 11) is 0.747. The van der Waals surface area contributed by atoms with E-state index in [0.717, 1.165) is 29.0 Å². The number of alkyl halides is 3. The second-order valence-electron chi connectivity index (χ2n) is 7.53. The lowest BCUT2D eigenvalue weighted by Gasteiger charge is -2.30. The molecule has 33 heavy (non-hydrogen) atoms. The first kappa shape index (κ1) is 26.5. The van der Waals surface area contributed by atoms with Crippen molar-refractivity contribution in [1.82, 2.24) is 19.2 Å². The number of halogens is 3. The molecule has 0 fully saturated rings. The summed E-state index contributed by atoms with van der Waals surface area (Å²) >= 11 is 0. The number of benzene rings is 1. The first-order valence-corrected chi connectivity index (χ1v) is 11.1. The molecule has 184 valence electrons. The van der Waals surface area contributed by atoms with Gasteiger partial charge in [-0.15, -0.1) is 0 Å². The van der Waals surface area contributed by atoms with Crippen molar-refractivity contribution < 1.29 is 31.6 Å². The van der Waals surface area contributed by atoms with Crippen molar-refractivity contribution in [3.8, 4) is 0 Å². The molecular weight excluding hydrogens is 469 g/mol. The van der Waals surface area contributed by atoms with Gasteiger partial charge in [0.1, 0.15) is 11.5 Å². The molecule has 2 aromatic rings. The smallest absolute Gasteiger partial charge is 0.379 e. The van der Waals surface area contributed by atoms with Gasteiger partial charge in [-0.2, -0.15) is 13.2 Å². The second-order valence-corrected chi connectivity index (χ2v) is 9.30. The summed E-state index contributed by atoms with van der Waals surface area (Å²) in [6.45, 7) is -0.0394. The number of imidazole rings is 1. The highest BCUT2D eigenvalue weighted by molar-refractivity contribution is 7.89. The molecule has 1 atom stereocenters. The lowest BCUT2D eigenvalue weighted by Crippen LogP contribution is -2.45. The van der Waals surface area contributed by atoms with Crippen molar-refractivity contribution >= 4 is 21.4 Å². The fourth-order valence-electron chi connectivity index (χ4n) is 2.99. The number of nitro benzene ring substituents is 1. The standard InChI is InChI=1S/C18H25F3N6O5S/c1-25(2)10-9-24-33(31,32)13-4-5-14(15(12-13)27(29)30)22-7-6-17(28,18(19,20)21)16-23-8-11-26(16)3/h4-5,8,11-12,22,24,28H,6-7,9-10H2,1-3H3. The van der Waals surface area contributed by atoms with Crippen LogP contribution in [-0.4, -0.2) is 72.8 Å². The Labute approximate surface area is 188 Å². The van der Waals surface area contributed by atoms with Crippen LogP contribution in [0.2, 0.25) is 0 Å². The fourth-order valence-corrected chi connectivity index (χ4v) is 4.03. The van der Waals surface area contributed by atoms with Crippen molar-refractivity contribution in [2.75, 3.05) is 39.0 Å². The van der Waals surface area contributed by atoms with Crippen LogP contribution in [0.25, 0.3) is 0 Å². The van der Waals surface area contributed by atoms with E-state index >= 15 is 0 Å². The molecular formula is C18H25F3N6O5S. The third kappa shape index (κ3) is 6.19. The number of aromatic nitrogens is 2. The third-order valence-corrected chi connectivity index (χ3v) is 6.25. The predicted molar refractivity (Wildman–Crippen MR) is 113 cm³/mol. The number of rotatable bonds is 11. The van der Waals surface area contributed by atoms with E-state index in [1.165, 1.54) is 13.2 Å². The molecule has 3 N–H and O–H groups in total.